The van der Waals surface area contributed by atoms with E-state index in [-0.39, 0.29) is 23.7 Å². The minimum absolute atomic E-state index is 0.0131. The van der Waals surface area contributed by atoms with Gasteiger partial charge in [-0.1, -0.05) is 26.3 Å². The molecule has 0 aliphatic heterocycles. The minimum Gasteiger partial charge on any atom is -0.294 e. The van der Waals surface area contributed by atoms with E-state index in [0.717, 1.165) is 12.5 Å². The number of hydrogen-bond acceptors (Lipinski definition) is 1. The van der Waals surface area contributed by atoms with Crippen LogP contribution in [0.4, 0.5) is 17.6 Å². The van der Waals surface area contributed by atoms with Gasteiger partial charge in [-0.05, 0) is 18.1 Å². The molecule has 0 saturated carbocycles. The topological polar surface area (TPSA) is 17.1 Å². The number of carbonyl (C=O) groups is 1. The zero-order chi connectivity index (χ0) is 13.9. The fourth-order valence-corrected chi connectivity index (χ4v) is 1.50. The van der Waals surface area contributed by atoms with Crippen molar-refractivity contribution in [3.8, 4) is 0 Å². The van der Waals surface area contributed by atoms with Crippen LogP contribution in [0.25, 0.3) is 0 Å². The summed E-state index contributed by atoms with van der Waals surface area (Å²) in [7, 11) is 0. The summed E-state index contributed by atoms with van der Waals surface area (Å²) in [6, 6.07) is 2.29. The van der Waals surface area contributed by atoms with Crippen molar-refractivity contribution in [2.24, 2.45) is 5.92 Å². The molecule has 0 heterocycles. The first-order valence-electron chi connectivity index (χ1n) is 5.65. The molecule has 1 nitrogen and oxygen atoms in total. The van der Waals surface area contributed by atoms with Gasteiger partial charge in [-0.25, -0.2) is 4.39 Å². The number of halogens is 4. The number of rotatable bonds is 4. The van der Waals surface area contributed by atoms with E-state index >= 15 is 0 Å². The maximum absolute atomic E-state index is 13.3. The highest BCUT2D eigenvalue weighted by atomic mass is 19.4. The number of ketones is 1. The molecule has 0 radical (unpaired) electrons. The Bertz CT molecular complexity index is 437. The number of Topliss-reactive ketones (excluding diaryl/α,β-unsaturated/α-hetero) is 1. The average Bonchev–Trinajstić information content (AvgIpc) is 2.26. The van der Waals surface area contributed by atoms with Gasteiger partial charge in [-0.15, -0.1) is 0 Å². The van der Waals surface area contributed by atoms with Gasteiger partial charge in [0.15, 0.2) is 5.78 Å². The van der Waals surface area contributed by atoms with Crippen LogP contribution in [0.1, 0.15) is 42.6 Å². The first-order chi connectivity index (χ1) is 8.25. The van der Waals surface area contributed by atoms with Gasteiger partial charge in [0.2, 0.25) is 0 Å². The van der Waals surface area contributed by atoms with Gasteiger partial charge in [-0.3, -0.25) is 4.79 Å². The summed E-state index contributed by atoms with van der Waals surface area (Å²) in [5, 5.41) is 0. The zero-order valence-electron chi connectivity index (χ0n) is 10.1. The Morgan fingerprint density at radius 2 is 1.94 bits per heavy atom. The summed E-state index contributed by atoms with van der Waals surface area (Å²) < 4.78 is 50.2. The Labute approximate surface area is 103 Å². The van der Waals surface area contributed by atoms with Gasteiger partial charge in [0, 0.05) is 12.0 Å². The van der Waals surface area contributed by atoms with Gasteiger partial charge in [0.25, 0.3) is 0 Å². The molecule has 1 atom stereocenters. The quantitative estimate of drug-likeness (QED) is 0.578. The molecular formula is C13H14F4O. The molecule has 0 bridgehead atoms. The lowest BCUT2D eigenvalue weighted by Gasteiger charge is -2.10. The number of alkyl halides is 3. The van der Waals surface area contributed by atoms with Gasteiger partial charge >= 0.3 is 6.18 Å². The second kappa shape index (κ2) is 5.50. The second-order valence-corrected chi connectivity index (χ2v) is 4.33. The lowest BCUT2D eigenvalue weighted by molar-refractivity contribution is -0.140. The molecule has 0 aliphatic rings. The Hall–Kier alpha value is -1.39. The van der Waals surface area contributed by atoms with Crippen LogP contribution in [-0.4, -0.2) is 5.78 Å². The van der Waals surface area contributed by atoms with Crippen molar-refractivity contribution in [1.82, 2.24) is 0 Å². The smallest absolute Gasteiger partial charge is 0.294 e. The molecule has 1 aromatic rings. The molecule has 0 aromatic heterocycles. The van der Waals surface area contributed by atoms with Crippen LogP contribution in [0.3, 0.4) is 0 Å². The number of benzene rings is 1. The molecule has 0 fully saturated rings. The fraction of sp³-hybridized carbons (Fsp3) is 0.462. The minimum atomic E-state index is -4.73. The van der Waals surface area contributed by atoms with Crippen molar-refractivity contribution in [3.63, 3.8) is 0 Å². The Morgan fingerprint density at radius 1 is 1.33 bits per heavy atom. The molecule has 0 N–H and O–H groups in total. The standard InChI is InChI=1S/C13H14F4O/c1-3-8(2)6-12(18)9-4-5-10(11(14)7-9)13(15,16)17/h4-5,7-8H,3,6H2,1-2H3. The average molecular weight is 262 g/mol. The highest BCUT2D eigenvalue weighted by Crippen LogP contribution is 2.31. The Balaban J connectivity index is 2.94. The van der Waals surface area contributed by atoms with Crippen LogP contribution in [0, 0.1) is 11.7 Å². The van der Waals surface area contributed by atoms with Crippen LogP contribution in [0.2, 0.25) is 0 Å². The molecule has 1 rings (SSSR count). The van der Waals surface area contributed by atoms with E-state index in [0.29, 0.717) is 12.1 Å². The van der Waals surface area contributed by atoms with Crippen LogP contribution < -0.4 is 0 Å². The van der Waals surface area contributed by atoms with E-state index in [1.165, 1.54) is 0 Å². The summed E-state index contributed by atoms with van der Waals surface area (Å²) in [6.45, 7) is 3.77. The number of carbonyl (C=O) groups excluding carboxylic acids is 1. The van der Waals surface area contributed by atoms with Gasteiger partial charge in [0.1, 0.15) is 5.82 Å². The third kappa shape index (κ3) is 3.55. The molecule has 100 valence electrons. The molecule has 0 aliphatic carbocycles. The van der Waals surface area contributed by atoms with E-state index in [1.54, 1.807) is 0 Å². The normalized spacial score (nSPS) is 13.4. The van der Waals surface area contributed by atoms with E-state index < -0.39 is 17.6 Å². The first kappa shape index (κ1) is 14.7. The maximum Gasteiger partial charge on any atom is 0.419 e. The third-order valence-corrected chi connectivity index (χ3v) is 2.83. The van der Waals surface area contributed by atoms with Crippen LogP contribution >= 0.6 is 0 Å². The third-order valence-electron chi connectivity index (χ3n) is 2.83. The molecule has 1 aromatic carbocycles. The molecular weight excluding hydrogens is 248 g/mol. The molecule has 0 saturated heterocycles. The molecule has 5 heteroatoms. The highest BCUT2D eigenvalue weighted by molar-refractivity contribution is 5.96. The lowest BCUT2D eigenvalue weighted by atomic mass is 9.97. The Kier molecular flexibility index (Phi) is 4.48. The van der Waals surface area contributed by atoms with Crippen LogP contribution in [-0.2, 0) is 6.18 Å². The summed E-state index contributed by atoms with van der Waals surface area (Å²) in [4.78, 5) is 11.7. The van der Waals surface area contributed by atoms with Crippen molar-refractivity contribution < 1.29 is 22.4 Å². The molecule has 1 unspecified atom stereocenters. The largest absolute Gasteiger partial charge is 0.419 e. The van der Waals surface area contributed by atoms with Crippen molar-refractivity contribution in [2.45, 2.75) is 32.9 Å². The van der Waals surface area contributed by atoms with E-state index in [4.69, 9.17) is 0 Å². The zero-order valence-corrected chi connectivity index (χ0v) is 10.1. The fourth-order valence-electron chi connectivity index (χ4n) is 1.50. The van der Waals surface area contributed by atoms with Gasteiger partial charge < -0.3 is 0 Å². The first-order valence-corrected chi connectivity index (χ1v) is 5.65. The second-order valence-electron chi connectivity index (χ2n) is 4.33. The number of hydrogen-bond donors (Lipinski definition) is 0. The van der Waals surface area contributed by atoms with Crippen molar-refractivity contribution in [2.75, 3.05) is 0 Å². The molecule has 18 heavy (non-hydrogen) atoms. The van der Waals surface area contributed by atoms with Gasteiger partial charge in [0.05, 0.1) is 5.56 Å². The Morgan fingerprint density at radius 3 is 2.39 bits per heavy atom. The van der Waals surface area contributed by atoms with E-state index in [9.17, 15) is 22.4 Å². The van der Waals surface area contributed by atoms with Crippen LogP contribution in [0.5, 0.6) is 0 Å². The lowest BCUT2D eigenvalue weighted by Crippen LogP contribution is -2.11. The molecule has 0 spiro atoms. The van der Waals surface area contributed by atoms with Gasteiger partial charge in [-0.2, -0.15) is 13.2 Å². The van der Waals surface area contributed by atoms with Crippen LogP contribution in [0.15, 0.2) is 18.2 Å². The molecule has 0 amide bonds. The van der Waals surface area contributed by atoms with E-state index in [2.05, 4.69) is 0 Å². The van der Waals surface area contributed by atoms with E-state index in [1.807, 2.05) is 13.8 Å². The predicted octanol–water partition coefficient (Wildman–Crippen LogP) is 4.46. The van der Waals surface area contributed by atoms with Crippen molar-refractivity contribution in [1.29, 1.82) is 0 Å². The monoisotopic (exact) mass is 262 g/mol. The summed E-state index contributed by atoms with van der Waals surface area (Å²) in [5.41, 5.74) is -1.36. The summed E-state index contributed by atoms with van der Waals surface area (Å²) in [5.74, 6) is -1.61. The predicted molar refractivity (Wildman–Crippen MR) is 59.8 cm³/mol. The summed E-state index contributed by atoms with van der Waals surface area (Å²) in [6.07, 6.45) is -3.74. The van der Waals surface area contributed by atoms with Crippen molar-refractivity contribution >= 4 is 5.78 Å². The summed E-state index contributed by atoms with van der Waals surface area (Å²) >= 11 is 0. The van der Waals surface area contributed by atoms with Crippen molar-refractivity contribution in [3.05, 3.63) is 35.1 Å². The maximum atomic E-state index is 13.3. The SMILES string of the molecule is CCC(C)CC(=O)c1ccc(C(F)(F)F)c(F)c1. The highest BCUT2D eigenvalue weighted by Gasteiger charge is 2.34.